The van der Waals surface area contributed by atoms with Crippen LogP contribution in [0.1, 0.15) is 55.9 Å². The molecule has 0 aromatic heterocycles. The second-order valence-corrected chi connectivity index (χ2v) is 15.3. The molecule has 3 amide bonds. The zero-order valence-electron chi connectivity index (χ0n) is 28.8. The Hall–Kier alpha value is -5.22. The van der Waals surface area contributed by atoms with E-state index < -0.39 is 39.0 Å². The maximum Gasteiger partial charge on any atom is 0.408 e. The van der Waals surface area contributed by atoms with Gasteiger partial charge in [0.2, 0.25) is 5.91 Å². The van der Waals surface area contributed by atoms with Crippen molar-refractivity contribution in [3.8, 4) is 0 Å². The Balaban J connectivity index is 1.41. The van der Waals surface area contributed by atoms with Gasteiger partial charge >= 0.3 is 6.09 Å². The van der Waals surface area contributed by atoms with Crippen molar-refractivity contribution >= 4 is 33.4 Å². The van der Waals surface area contributed by atoms with Crippen molar-refractivity contribution in [1.82, 2.24) is 10.6 Å². The van der Waals surface area contributed by atoms with Gasteiger partial charge in [0, 0.05) is 25.3 Å². The Labute approximate surface area is 294 Å². The summed E-state index contributed by atoms with van der Waals surface area (Å²) >= 11 is 0. The van der Waals surface area contributed by atoms with Crippen LogP contribution < -0.4 is 15.5 Å². The van der Waals surface area contributed by atoms with Crippen molar-refractivity contribution < 1.29 is 27.5 Å². The third-order valence-corrected chi connectivity index (χ3v) is 9.55. The molecule has 0 radical (unpaired) electrons. The number of hydrogen-bond acceptors (Lipinski definition) is 6. The van der Waals surface area contributed by atoms with Crippen LogP contribution in [0.2, 0.25) is 0 Å². The lowest BCUT2D eigenvalue weighted by molar-refractivity contribution is -0.122. The molecule has 0 spiro atoms. The predicted molar refractivity (Wildman–Crippen MR) is 194 cm³/mol. The van der Waals surface area contributed by atoms with Crippen LogP contribution in [-0.2, 0) is 36.1 Å². The Morgan fingerprint density at radius 2 is 1.36 bits per heavy atom. The van der Waals surface area contributed by atoms with Gasteiger partial charge in [0.15, 0.2) is 9.84 Å². The van der Waals surface area contributed by atoms with Gasteiger partial charge in [-0.3, -0.25) is 9.59 Å². The number of amides is 3. The van der Waals surface area contributed by atoms with Gasteiger partial charge in [0.05, 0.1) is 16.6 Å². The van der Waals surface area contributed by atoms with Crippen molar-refractivity contribution in [2.24, 2.45) is 0 Å². The fourth-order valence-corrected chi connectivity index (χ4v) is 7.16. The number of nitrogens with one attached hydrogen (secondary N) is 2. The minimum Gasteiger partial charge on any atom is -0.444 e. The number of nitrogens with zero attached hydrogens (tertiary/aromatic N) is 1. The molecule has 4 aromatic carbocycles. The smallest absolute Gasteiger partial charge is 0.408 e. The minimum absolute atomic E-state index is 0.00196. The number of alkyl carbamates (subject to hydrolysis) is 1. The predicted octanol–water partition coefficient (Wildman–Crippen LogP) is 6.32. The standard InChI is InChI=1S/C40H43N3O6S/c1-39(2,3)49-38(46)41-33(24-26-36(45)43-28-27-29-15-14-22-34(37(29)43)50(4,47)48)23-25-35(44)42-40(30-16-8-5-9-17-30,31-18-10-6-11-19-31)32-20-12-7-13-21-32/h5-22,24,26,33H,23,25,27-28H2,1-4H3,(H,41,46)(H,42,44)/b26-24+/t33-/m0/s1. The van der Waals surface area contributed by atoms with E-state index >= 15 is 0 Å². The van der Waals surface area contributed by atoms with Crippen LogP contribution in [-0.4, -0.2) is 50.8 Å². The molecule has 50 heavy (non-hydrogen) atoms. The first-order chi connectivity index (χ1) is 23.8. The highest BCUT2D eigenvalue weighted by Crippen LogP contribution is 2.37. The van der Waals surface area contributed by atoms with Gasteiger partial charge in [-0.25, -0.2) is 13.2 Å². The maximum atomic E-state index is 14.0. The number of benzene rings is 4. The summed E-state index contributed by atoms with van der Waals surface area (Å²) in [4.78, 5) is 41.9. The van der Waals surface area contributed by atoms with Gasteiger partial charge in [0.25, 0.3) is 5.91 Å². The van der Waals surface area contributed by atoms with Crippen molar-refractivity contribution in [3.63, 3.8) is 0 Å². The third-order valence-electron chi connectivity index (χ3n) is 8.43. The Morgan fingerprint density at radius 1 is 0.820 bits per heavy atom. The highest BCUT2D eigenvalue weighted by atomic mass is 32.2. The second-order valence-electron chi connectivity index (χ2n) is 13.3. The second kappa shape index (κ2) is 15.1. The number of hydrogen-bond donors (Lipinski definition) is 2. The fraction of sp³-hybridized carbons (Fsp3) is 0.275. The van der Waals surface area contributed by atoms with Crippen LogP contribution in [0, 0.1) is 0 Å². The fourth-order valence-electron chi connectivity index (χ4n) is 6.24. The first-order valence-electron chi connectivity index (χ1n) is 16.6. The van der Waals surface area contributed by atoms with E-state index in [0.717, 1.165) is 28.5 Å². The lowest BCUT2D eigenvalue weighted by Gasteiger charge is -2.37. The van der Waals surface area contributed by atoms with E-state index in [4.69, 9.17) is 4.74 Å². The molecule has 260 valence electrons. The number of fused-ring (bicyclic) bond motifs is 1. The highest BCUT2D eigenvalue weighted by Gasteiger charge is 2.38. The van der Waals surface area contributed by atoms with E-state index in [1.54, 1.807) is 26.8 Å². The zero-order valence-corrected chi connectivity index (χ0v) is 29.6. The van der Waals surface area contributed by atoms with Crippen molar-refractivity contribution in [2.75, 3.05) is 17.7 Å². The molecule has 1 atom stereocenters. The van der Waals surface area contributed by atoms with Gasteiger partial charge in [-0.2, -0.15) is 0 Å². The number of para-hydroxylation sites is 1. The van der Waals surface area contributed by atoms with Crippen molar-refractivity contribution in [2.45, 2.75) is 62.1 Å². The van der Waals surface area contributed by atoms with Gasteiger partial charge in [-0.15, -0.1) is 0 Å². The molecule has 0 fully saturated rings. The summed E-state index contributed by atoms with van der Waals surface area (Å²) in [7, 11) is -3.59. The molecule has 0 saturated carbocycles. The number of ether oxygens (including phenoxy) is 1. The minimum atomic E-state index is -3.59. The third kappa shape index (κ3) is 8.49. The van der Waals surface area contributed by atoms with E-state index in [1.807, 2.05) is 97.1 Å². The molecule has 0 saturated heterocycles. The van der Waals surface area contributed by atoms with Gasteiger partial charge in [-0.05, 0) is 61.9 Å². The van der Waals surface area contributed by atoms with E-state index in [1.165, 1.54) is 23.1 Å². The molecule has 4 aromatic rings. The number of sulfone groups is 1. The molecular formula is C40H43N3O6S. The highest BCUT2D eigenvalue weighted by molar-refractivity contribution is 7.90. The first kappa shape index (κ1) is 36.1. The average Bonchev–Trinajstić information content (AvgIpc) is 3.53. The topological polar surface area (TPSA) is 122 Å². The number of carbonyl (C=O) groups excluding carboxylic acids is 3. The maximum absolute atomic E-state index is 14.0. The Bertz CT molecular complexity index is 1860. The Morgan fingerprint density at radius 3 is 1.86 bits per heavy atom. The van der Waals surface area contributed by atoms with E-state index in [2.05, 4.69) is 10.6 Å². The quantitative estimate of drug-likeness (QED) is 0.140. The van der Waals surface area contributed by atoms with Gasteiger partial charge in [-0.1, -0.05) is 109 Å². The zero-order chi connectivity index (χ0) is 35.9. The molecule has 0 unspecified atom stereocenters. The van der Waals surface area contributed by atoms with Crippen molar-refractivity contribution in [1.29, 1.82) is 0 Å². The summed E-state index contributed by atoms with van der Waals surface area (Å²) in [6.07, 6.45) is 3.93. The van der Waals surface area contributed by atoms with E-state index in [9.17, 15) is 22.8 Å². The summed E-state index contributed by atoms with van der Waals surface area (Å²) in [6, 6.07) is 33.5. The van der Waals surface area contributed by atoms with Crippen molar-refractivity contribution in [3.05, 3.63) is 144 Å². The van der Waals surface area contributed by atoms with Crippen LogP contribution in [0.3, 0.4) is 0 Å². The van der Waals surface area contributed by atoms with Gasteiger partial charge in [0.1, 0.15) is 11.1 Å². The summed E-state index contributed by atoms with van der Waals surface area (Å²) in [5, 5.41) is 6.12. The molecule has 0 aliphatic carbocycles. The average molecular weight is 694 g/mol. The molecule has 0 bridgehead atoms. The molecule has 9 nitrogen and oxygen atoms in total. The van der Waals surface area contributed by atoms with E-state index in [0.29, 0.717) is 18.7 Å². The SMILES string of the molecule is CC(C)(C)OC(=O)N[C@H](/C=C/C(=O)N1CCc2cccc(S(C)(=O)=O)c21)CCC(=O)NC(c1ccccc1)(c1ccccc1)c1ccccc1. The van der Waals surface area contributed by atoms with Crippen LogP contribution in [0.5, 0.6) is 0 Å². The molecule has 10 heteroatoms. The number of rotatable bonds is 11. The summed E-state index contributed by atoms with van der Waals surface area (Å²) in [5.74, 6) is -0.708. The normalized spacial score (nSPS) is 13.8. The van der Waals surface area contributed by atoms with Crippen LogP contribution in [0.25, 0.3) is 0 Å². The summed E-state index contributed by atoms with van der Waals surface area (Å²) < 4.78 is 30.5. The number of carbonyl (C=O) groups is 3. The molecule has 5 rings (SSSR count). The molecule has 1 aliphatic heterocycles. The summed E-state index contributed by atoms with van der Waals surface area (Å²) in [6.45, 7) is 5.55. The summed E-state index contributed by atoms with van der Waals surface area (Å²) in [5.41, 5.74) is 1.99. The number of anilines is 1. The molecule has 1 aliphatic rings. The Kier molecular flexibility index (Phi) is 10.9. The largest absolute Gasteiger partial charge is 0.444 e. The monoisotopic (exact) mass is 693 g/mol. The van der Waals surface area contributed by atoms with E-state index in [-0.39, 0.29) is 23.6 Å². The van der Waals surface area contributed by atoms with Crippen LogP contribution in [0.4, 0.5) is 10.5 Å². The lowest BCUT2D eigenvalue weighted by atomic mass is 9.77. The molecule has 2 N–H and O–H groups in total. The van der Waals surface area contributed by atoms with Crippen LogP contribution in [0.15, 0.2) is 126 Å². The lowest BCUT2D eigenvalue weighted by Crippen LogP contribution is -2.48. The first-order valence-corrected chi connectivity index (χ1v) is 18.5. The van der Waals surface area contributed by atoms with Gasteiger partial charge < -0.3 is 20.3 Å². The molecule has 1 heterocycles. The molecular weight excluding hydrogens is 651 g/mol. The van der Waals surface area contributed by atoms with Crippen LogP contribution >= 0.6 is 0 Å².